The van der Waals surface area contributed by atoms with Crippen molar-refractivity contribution in [1.82, 2.24) is 5.32 Å². The summed E-state index contributed by atoms with van der Waals surface area (Å²) in [5.41, 5.74) is 3.52. The summed E-state index contributed by atoms with van der Waals surface area (Å²) < 4.78 is 0. The highest BCUT2D eigenvalue weighted by Gasteiger charge is 2.42. The zero-order chi connectivity index (χ0) is 21.8. The van der Waals surface area contributed by atoms with Crippen LogP contribution < -0.4 is 10.6 Å². The molecule has 0 saturated carbocycles. The molecule has 1 atom stereocenters. The van der Waals surface area contributed by atoms with Crippen molar-refractivity contribution in [3.63, 3.8) is 0 Å². The summed E-state index contributed by atoms with van der Waals surface area (Å²) in [6.07, 6.45) is 1.43. The lowest BCUT2D eigenvalue weighted by molar-refractivity contribution is -0.138. The minimum atomic E-state index is -0.705. The molecule has 1 saturated heterocycles. The van der Waals surface area contributed by atoms with Gasteiger partial charge in [0, 0.05) is 17.7 Å². The lowest BCUT2D eigenvalue weighted by Gasteiger charge is -2.35. The summed E-state index contributed by atoms with van der Waals surface area (Å²) in [5, 5.41) is 5.36. The Hall–Kier alpha value is -3.73. The Morgan fingerprint density at radius 2 is 1.55 bits per heavy atom. The van der Waals surface area contributed by atoms with E-state index in [0.717, 1.165) is 16.7 Å². The lowest BCUT2D eigenvalue weighted by Crippen LogP contribution is -2.51. The molecule has 5 heteroatoms. The Balaban J connectivity index is 1.47. The van der Waals surface area contributed by atoms with Gasteiger partial charge in [-0.2, -0.15) is 0 Å². The van der Waals surface area contributed by atoms with Crippen LogP contribution in [0.25, 0.3) is 11.1 Å². The molecule has 31 heavy (non-hydrogen) atoms. The molecule has 3 amide bonds. The molecular weight excluding hydrogens is 388 g/mol. The first-order valence-corrected chi connectivity index (χ1v) is 10.4. The second-order valence-electron chi connectivity index (χ2n) is 7.79. The average molecular weight is 412 g/mol. The van der Waals surface area contributed by atoms with Gasteiger partial charge in [-0.1, -0.05) is 61.5 Å². The Morgan fingerprint density at radius 1 is 0.903 bits per heavy atom. The van der Waals surface area contributed by atoms with Crippen LogP contribution in [0.3, 0.4) is 0 Å². The van der Waals surface area contributed by atoms with Gasteiger partial charge in [-0.25, -0.2) is 0 Å². The van der Waals surface area contributed by atoms with E-state index in [9.17, 15) is 14.4 Å². The summed E-state index contributed by atoms with van der Waals surface area (Å²) in [5.74, 6) is -0.670. The van der Waals surface area contributed by atoms with E-state index in [2.05, 4.69) is 10.6 Å². The number of carbonyl (C=O) groups excluding carboxylic acids is 3. The zero-order valence-electron chi connectivity index (χ0n) is 17.4. The van der Waals surface area contributed by atoms with E-state index in [4.69, 9.17) is 0 Å². The first-order chi connectivity index (χ1) is 15.0. The summed E-state index contributed by atoms with van der Waals surface area (Å²) in [7, 11) is 0. The Kier molecular flexibility index (Phi) is 5.67. The molecule has 1 heterocycles. The van der Waals surface area contributed by atoms with Crippen molar-refractivity contribution in [3.05, 3.63) is 90.0 Å². The molecule has 1 aliphatic heterocycles. The van der Waals surface area contributed by atoms with Crippen LogP contribution in [-0.4, -0.2) is 17.7 Å². The normalized spacial score (nSPS) is 18.4. The monoisotopic (exact) mass is 412 g/mol. The quantitative estimate of drug-likeness (QED) is 0.597. The molecule has 0 spiro atoms. The number of anilines is 1. The van der Waals surface area contributed by atoms with Crippen molar-refractivity contribution < 1.29 is 14.4 Å². The first kappa shape index (κ1) is 20.5. The molecule has 2 N–H and O–H groups in total. The van der Waals surface area contributed by atoms with Crippen molar-refractivity contribution in [2.45, 2.75) is 31.6 Å². The topological polar surface area (TPSA) is 75.3 Å². The molecule has 4 rings (SSSR count). The second-order valence-corrected chi connectivity index (χ2v) is 7.79. The molecule has 3 aromatic carbocycles. The standard InChI is InChI=1S/C26H24N2O3/c1-2-26(17-16-23(29)28-25(26)31)21-12-14-22(15-13-21)27-24(30)20-10-8-19(9-11-20)18-6-4-3-5-7-18/h3-15H,2,16-17H2,1H3,(H,27,30)(H,28,29,31). The first-order valence-electron chi connectivity index (χ1n) is 10.4. The molecule has 5 nitrogen and oxygen atoms in total. The van der Waals surface area contributed by atoms with Crippen LogP contribution in [0.5, 0.6) is 0 Å². The Bertz CT molecular complexity index is 1110. The number of rotatable bonds is 5. The average Bonchev–Trinajstić information content (AvgIpc) is 2.81. The van der Waals surface area contributed by atoms with Crippen LogP contribution in [0.2, 0.25) is 0 Å². The van der Waals surface area contributed by atoms with Gasteiger partial charge in [0.25, 0.3) is 5.91 Å². The maximum atomic E-state index is 12.6. The fourth-order valence-electron chi connectivity index (χ4n) is 4.09. The Morgan fingerprint density at radius 3 is 2.16 bits per heavy atom. The van der Waals surface area contributed by atoms with Gasteiger partial charge in [-0.05, 0) is 53.8 Å². The predicted molar refractivity (Wildman–Crippen MR) is 121 cm³/mol. The van der Waals surface area contributed by atoms with Crippen molar-refractivity contribution in [2.75, 3.05) is 5.32 Å². The minimum absolute atomic E-state index is 0.196. The zero-order valence-corrected chi connectivity index (χ0v) is 17.4. The number of carbonyl (C=O) groups is 3. The highest BCUT2D eigenvalue weighted by atomic mass is 16.2. The van der Waals surface area contributed by atoms with Crippen molar-refractivity contribution in [2.24, 2.45) is 0 Å². The van der Waals surface area contributed by atoms with Gasteiger partial charge in [-0.3, -0.25) is 19.7 Å². The third-order valence-electron chi connectivity index (χ3n) is 6.02. The van der Waals surface area contributed by atoms with E-state index in [-0.39, 0.29) is 17.7 Å². The summed E-state index contributed by atoms with van der Waals surface area (Å²) in [6.45, 7) is 1.95. The number of hydrogen-bond acceptors (Lipinski definition) is 3. The molecule has 3 aromatic rings. The van der Waals surface area contributed by atoms with Gasteiger partial charge in [0.05, 0.1) is 5.41 Å². The van der Waals surface area contributed by atoms with E-state index in [1.807, 2.05) is 73.7 Å². The van der Waals surface area contributed by atoms with Gasteiger partial charge in [0.2, 0.25) is 11.8 Å². The molecule has 0 bridgehead atoms. The lowest BCUT2D eigenvalue weighted by atomic mass is 9.72. The van der Waals surface area contributed by atoms with E-state index < -0.39 is 5.41 Å². The number of nitrogens with one attached hydrogen (secondary N) is 2. The number of benzene rings is 3. The SMILES string of the molecule is CCC1(c2ccc(NC(=O)c3ccc(-c4ccccc4)cc3)cc2)CCC(=O)NC1=O. The van der Waals surface area contributed by atoms with Gasteiger partial charge in [-0.15, -0.1) is 0 Å². The minimum Gasteiger partial charge on any atom is -0.322 e. The van der Waals surface area contributed by atoms with Gasteiger partial charge < -0.3 is 5.32 Å². The third kappa shape index (κ3) is 4.12. The van der Waals surface area contributed by atoms with Crippen LogP contribution >= 0.6 is 0 Å². The molecular formula is C26H24N2O3. The van der Waals surface area contributed by atoms with Crippen LogP contribution in [0, 0.1) is 0 Å². The molecule has 156 valence electrons. The van der Waals surface area contributed by atoms with Crippen LogP contribution in [-0.2, 0) is 15.0 Å². The predicted octanol–water partition coefficient (Wildman–Crippen LogP) is 4.69. The molecule has 1 fully saturated rings. The molecule has 1 aliphatic rings. The second kappa shape index (κ2) is 8.56. The van der Waals surface area contributed by atoms with Crippen LogP contribution in [0.4, 0.5) is 5.69 Å². The fraction of sp³-hybridized carbons (Fsp3) is 0.192. The smallest absolute Gasteiger partial charge is 0.255 e. The van der Waals surface area contributed by atoms with Crippen molar-refractivity contribution in [3.8, 4) is 11.1 Å². The van der Waals surface area contributed by atoms with Crippen molar-refractivity contribution in [1.29, 1.82) is 0 Å². The maximum Gasteiger partial charge on any atom is 0.255 e. The number of piperidine rings is 1. The molecule has 1 unspecified atom stereocenters. The number of amides is 3. The summed E-state index contributed by atoms with van der Waals surface area (Å²) in [6, 6.07) is 24.8. The fourth-order valence-corrected chi connectivity index (χ4v) is 4.09. The molecule has 0 aromatic heterocycles. The Labute approximate surface area is 181 Å². The highest BCUT2D eigenvalue weighted by molar-refractivity contribution is 6.05. The van der Waals surface area contributed by atoms with Gasteiger partial charge >= 0.3 is 0 Å². The van der Waals surface area contributed by atoms with Crippen molar-refractivity contribution >= 4 is 23.4 Å². The summed E-state index contributed by atoms with van der Waals surface area (Å²) >= 11 is 0. The van der Waals surface area contributed by atoms with Crippen LogP contribution in [0.15, 0.2) is 78.9 Å². The molecule has 0 aliphatic carbocycles. The van der Waals surface area contributed by atoms with Gasteiger partial charge in [0.1, 0.15) is 0 Å². The van der Waals surface area contributed by atoms with E-state index >= 15 is 0 Å². The van der Waals surface area contributed by atoms with E-state index in [1.165, 1.54) is 0 Å². The largest absolute Gasteiger partial charge is 0.322 e. The van der Waals surface area contributed by atoms with Gasteiger partial charge in [0.15, 0.2) is 0 Å². The van der Waals surface area contributed by atoms with E-state index in [0.29, 0.717) is 30.5 Å². The summed E-state index contributed by atoms with van der Waals surface area (Å²) in [4.78, 5) is 36.7. The molecule has 0 radical (unpaired) electrons. The van der Waals surface area contributed by atoms with Crippen LogP contribution in [0.1, 0.15) is 42.1 Å². The highest BCUT2D eigenvalue weighted by Crippen LogP contribution is 2.36. The number of hydrogen-bond donors (Lipinski definition) is 2. The maximum absolute atomic E-state index is 12.6. The van der Waals surface area contributed by atoms with E-state index in [1.54, 1.807) is 12.1 Å². The third-order valence-corrected chi connectivity index (χ3v) is 6.02. The number of imide groups is 1.